The zero-order chi connectivity index (χ0) is 21.4. The number of fused-ring (bicyclic) bond motifs is 1. The summed E-state index contributed by atoms with van der Waals surface area (Å²) in [6, 6.07) is 12.7. The quantitative estimate of drug-likeness (QED) is 0.582. The van der Waals surface area contributed by atoms with Gasteiger partial charge >= 0.3 is 0 Å². The summed E-state index contributed by atoms with van der Waals surface area (Å²) in [4.78, 5) is 41.5. The van der Waals surface area contributed by atoms with Gasteiger partial charge in [0, 0.05) is 12.1 Å². The lowest BCUT2D eigenvalue weighted by Gasteiger charge is -2.17. The third kappa shape index (κ3) is 3.40. The summed E-state index contributed by atoms with van der Waals surface area (Å²) < 4.78 is 14.2. The molecule has 152 valence electrons. The van der Waals surface area contributed by atoms with E-state index in [-0.39, 0.29) is 28.6 Å². The van der Waals surface area contributed by atoms with Crippen LogP contribution in [0.3, 0.4) is 0 Å². The molecule has 9 heteroatoms. The van der Waals surface area contributed by atoms with E-state index in [4.69, 9.17) is 12.2 Å². The van der Waals surface area contributed by atoms with Gasteiger partial charge in [0.05, 0.1) is 21.9 Å². The first-order chi connectivity index (χ1) is 14.4. The molecule has 0 aliphatic carbocycles. The number of hydrogen-bond donors (Lipinski definition) is 1. The molecule has 30 heavy (non-hydrogen) atoms. The van der Waals surface area contributed by atoms with Crippen LogP contribution in [-0.2, 0) is 14.4 Å². The molecular weight excluding hydrogens is 425 g/mol. The number of para-hydroxylation sites is 2. The predicted molar refractivity (Wildman–Crippen MR) is 118 cm³/mol. The van der Waals surface area contributed by atoms with Gasteiger partial charge in [-0.1, -0.05) is 54.3 Å². The highest BCUT2D eigenvalue weighted by Crippen LogP contribution is 2.44. The number of anilines is 2. The standard InChI is InChI=1S/C21H16FN3O3S2/c1-2-24-20(28)18(30-21(24)29)17-12-7-3-6-10-15(12)25(19(17)27)11-16(26)23-14-9-5-4-8-13(14)22/h3-10H,2,11H2,1H3,(H,23,26). The number of thiocarbonyl (C=S) groups is 1. The van der Waals surface area contributed by atoms with Crippen molar-refractivity contribution in [1.29, 1.82) is 0 Å². The molecule has 4 rings (SSSR count). The first-order valence-corrected chi connectivity index (χ1v) is 10.4. The number of benzene rings is 2. The van der Waals surface area contributed by atoms with Crippen LogP contribution in [0.2, 0.25) is 0 Å². The molecular formula is C21H16FN3O3S2. The summed E-state index contributed by atoms with van der Waals surface area (Å²) in [6.07, 6.45) is 0. The molecule has 0 radical (unpaired) electrons. The van der Waals surface area contributed by atoms with Crippen LogP contribution in [0, 0.1) is 5.82 Å². The number of hydrogen-bond acceptors (Lipinski definition) is 5. The number of likely N-dealkylation sites (N-methyl/N-ethyl adjacent to an activating group) is 1. The van der Waals surface area contributed by atoms with Gasteiger partial charge in [-0.15, -0.1) is 0 Å². The SMILES string of the molecule is CCN1C(=O)C(=C2C(=O)N(CC(=O)Nc3ccccc3F)c3ccccc32)SC1=S. The van der Waals surface area contributed by atoms with Gasteiger partial charge in [-0.2, -0.15) is 0 Å². The Morgan fingerprint density at radius 1 is 1.07 bits per heavy atom. The number of nitrogens with zero attached hydrogens (tertiary/aromatic N) is 2. The Bertz CT molecular complexity index is 1130. The Hall–Kier alpha value is -3.04. The molecule has 2 heterocycles. The largest absolute Gasteiger partial charge is 0.322 e. The molecule has 3 amide bonds. The van der Waals surface area contributed by atoms with Crippen molar-refractivity contribution in [2.45, 2.75) is 6.92 Å². The van der Waals surface area contributed by atoms with Gasteiger partial charge in [0.2, 0.25) is 5.91 Å². The average molecular weight is 442 g/mol. The van der Waals surface area contributed by atoms with Gasteiger partial charge in [0.15, 0.2) is 0 Å². The molecule has 1 saturated heterocycles. The van der Waals surface area contributed by atoms with Crippen molar-refractivity contribution >= 4 is 63.0 Å². The Morgan fingerprint density at radius 2 is 1.77 bits per heavy atom. The highest BCUT2D eigenvalue weighted by atomic mass is 32.2. The van der Waals surface area contributed by atoms with E-state index in [0.717, 1.165) is 11.8 Å². The highest BCUT2D eigenvalue weighted by molar-refractivity contribution is 8.26. The van der Waals surface area contributed by atoms with E-state index in [2.05, 4.69) is 5.32 Å². The predicted octanol–water partition coefficient (Wildman–Crippen LogP) is 3.40. The van der Waals surface area contributed by atoms with Crippen LogP contribution in [0.25, 0.3) is 5.57 Å². The third-order valence-electron chi connectivity index (χ3n) is 4.77. The molecule has 2 aromatic rings. The van der Waals surface area contributed by atoms with Crippen molar-refractivity contribution in [3.63, 3.8) is 0 Å². The summed E-state index contributed by atoms with van der Waals surface area (Å²) in [5.74, 6) is -1.90. The van der Waals surface area contributed by atoms with Gasteiger partial charge < -0.3 is 5.32 Å². The van der Waals surface area contributed by atoms with E-state index in [0.29, 0.717) is 22.1 Å². The molecule has 2 aliphatic heterocycles. The molecule has 2 aliphatic rings. The van der Waals surface area contributed by atoms with Crippen molar-refractivity contribution in [1.82, 2.24) is 4.90 Å². The molecule has 1 N–H and O–H groups in total. The number of thioether (sulfide) groups is 1. The maximum atomic E-state index is 13.8. The first-order valence-electron chi connectivity index (χ1n) is 9.16. The van der Waals surface area contributed by atoms with Gasteiger partial charge in [0.1, 0.15) is 16.7 Å². The van der Waals surface area contributed by atoms with Crippen molar-refractivity contribution in [3.8, 4) is 0 Å². The topological polar surface area (TPSA) is 69.7 Å². The smallest absolute Gasteiger partial charge is 0.266 e. The molecule has 2 aromatic carbocycles. The Labute approximate surface area is 181 Å². The molecule has 0 spiro atoms. The maximum Gasteiger partial charge on any atom is 0.266 e. The van der Waals surface area contributed by atoms with Crippen LogP contribution in [-0.4, -0.2) is 40.0 Å². The zero-order valence-corrected chi connectivity index (χ0v) is 17.5. The molecule has 1 fully saturated rings. The van der Waals surface area contributed by atoms with E-state index in [1.807, 2.05) is 6.92 Å². The summed E-state index contributed by atoms with van der Waals surface area (Å²) in [6.45, 7) is 1.90. The summed E-state index contributed by atoms with van der Waals surface area (Å²) in [5, 5.41) is 2.48. The Morgan fingerprint density at radius 3 is 2.47 bits per heavy atom. The number of halogens is 1. The first kappa shape index (κ1) is 20.2. The van der Waals surface area contributed by atoms with Gasteiger partial charge in [-0.05, 0) is 25.1 Å². The van der Waals surface area contributed by atoms with Crippen LogP contribution < -0.4 is 10.2 Å². The normalized spacial score (nSPS) is 18.3. The van der Waals surface area contributed by atoms with Crippen molar-refractivity contribution < 1.29 is 18.8 Å². The summed E-state index contributed by atoms with van der Waals surface area (Å²) in [7, 11) is 0. The number of nitrogens with one attached hydrogen (secondary N) is 1. The molecule has 0 unspecified atom stereocenters. The lowest BCUT2D eigenvalue weighted by molar-refractivity contribution is -0.122. The lowest BCUT2D eigenvalue weighted by Crippen LogP contribution is -2.35. The number of amides is 3. The van der Waals surface area contributed by atoms with Gasteiger partial charge in [-0.25, -0.2) is 4.39 Å². The van der Waals surface area contributed by atoms with Crippen molar-refractivity contribution in [2.75, 3.05) is 23.3 Å². The van der Waals surface area contributed by atoms with Crippen molar-refractivity contribution in [3.05, 3.63) is 64.8 Å². The lowest BCUT2D eigenvalue weighted by atomic mass is 10.1. The fourth-order valence-corrected chi connectivity index (χ4v) is 4.83. The molecule has 0 bridgehead atoms. The summed E-state index contributed by atoms with van der Waals surface area (Å²) in [5.41, 5.74) is 1.35. The summed E-state index contributed by atoms with van der Waals surface area (Å²) >= 11 is 6.35. The van der Waals surface area contributed by atoms with Crippen LogP contribution in [0.4, 0.5) is 15.8 Å². The molecule has 0 aromatic heterocycles. The monoisotopic (exact) mass is 441 g/mol. The molecule has 0 saturated carbocycles. The number of rotatable bonds is 4. The van der Waals surface area contributed by atoms with Crippen LogP contribution >= 0.6 is 24.0 Å². The van der Waals surface area contributed by atoms with Gasteiger partial charge in [0.25, 0.3) is 11.8 Å². The van der Waals surface area contributed by atoms with E-state index < -0.39 is 17.6 Å². The Kier molecular flexibility index (Phi) is 5.40. The minimum absolute atomic E-state index is 0.0338. The second-order valence-electron chi connectivity index (χ2n) is 6.56. The van der Waals surface area contributed by atoms with Gasteiger partial charge in [-0.3, -0.25) is 24.2 Å². The zero-order valence-electron chi connectivity index (χ0n) is 15.8. The van der Waals surface area contributed by atoms with Crippen LogP contribution in [0.15, 0.2) is 53.4 Å². The third-order valence-corrected chi connectivity index (χ3v) is 6.21. The minimum atomic E-state index is -0.567. The fraction of sp³-hybridized carbons (Fsp3) is 0.143. The molecule has 0 atom stereocenters. The number of carbonyl (C=O) groups excluding carboxylic acids is 3. The highest BCUT2D eigenvalue weighted by Gasteiger charge is 2.41. The molecule has 6 nitrogen and oxygen atoms in total. The Balaban J connectivity index is 1.67. The average Bonchev–Trinajstić information content (AvgIpc) is 3.16. The fourth-order valence-electron chi connectivity index (χ4n) is 3.37. The van der Waals surface area contributed by atoms with E-state index in [9.17, 15) is 18.8 Å². The number of carbonyl (C=O) groups is 3. The van der Waals surface area contributed by atoms with Crippen LogP contribution in [0.1, 0.15) is 12.5 Å². The van der Waals surface area contributed by atoms with E-state index >= 15 is 0 Å². The second kappa shape index (κ2) is 8.00. The second-order valence-corrected chi connectivity index (χ2v) is 8.20. The van der Waals surface area contributed by atoms with E-state index in [1.54, 1.807) is 30.3 Å². The van der Waals surface area contributed by atoms with Crippen LogP contribution in [0.5, 0.6) is 0 Å². The minimum Gasteiger partial charge on any atom is -0.322 e. The maximum absolute atomic E-state index is 13.8. The van der Waals surface area contributed by atoms with Crippen molar-refractivity contribution in [2.24, 2.45) is 0 Å². The van der Waals surface area contributed by atoms with E-state index in [1.165, 1.54) is 28.0 Å².